The third-order valence-corrected chi connectivity index (χ3v) is 3.49. The summed E-state index contributed by atoms with van der Waals surface area (Å²) in [6, 6.07) is 0.245. The van der Waals surface area contributed by atoms with Gasteiger partial charge >= 0.3 is 11.8 Å². The summed E-state index contributed by atoms with van der Waals surface area (Å²) < 4.78 is 32.9. The van der Waals surface area contributed by atoms with E-state index in [9.17, 15) is 23.7 Å². The fourth-order valence-electron chi connectivity index (χ4n) is 2.57. The maximum absolute atomic E-state index is 13.8. The highest BCUT2D eigenvalue weighted by Crippen LogP contribution is 2.34. The van der Waals surface area contributed by atoms with Crippen LogP contribution in [-0.2, 0) is 4.74 Å². The van der Waals surface area contributed by atoms with Gasteiger partial charge in [0.15, 0.2) is 0 Å². The minimum atomic E-state index is -3.04. The van der Waals surface area contributed by atoms with Crippen molar-refractivity contribution >= 4 is 17.5 Å². The number of nitro groups is 1. The van der Waals surface area contributed by atoms with E-state index in [0.717, 1.165) is 11.1 Å². The first-order chi connectivity index (χ1) is 11.5. The smallest absolute Gasteiger partial charge is 0.415 e. The van der Waals surface area contributed by atoms with Gasteiger partial charge in [-0.2, -0.15) is 0 Å². The number of anilines is 1. The first-order valence-corrected chi connectivity index (χ1v) is 7.69. The van der Waals surface area contributed by atoms with Gasteiger partial charge < -0.3 is 10.1 Å². The average Bonchev–Trinajstić information content (AvgIpc) is 2.45. The number of hydrogen-bond acceptors (Lipinski definition) is 6. The van der Waals surface area contributed by atoms with E-state index in [1.54, 1.807) is 20.8 Å². The average molecular weight is 358 g/mol. The van der Waals surface area contributed by atoms with E-state index in [-0.39, 0.29) is 12.2 Å². The summed E-state index contributed by atoms with van der Waals surface area (Å²) in [6.07, 6.45) is 0.680. The van der Waals surface area contributed by atoms with Gasteiger partial charge in [-0.05, 0) is 26.8 Å². The maximum Gasteiger partial charge on any atom is 0.415 e. The Morgan fingerprint density at radius 3 is 2.76 bits per heavy atom. The quantitative estimate of drug-likeness (QED) is 0.659. The number of hydrogen-bond donors (Lipinski definition) is 1. The lowest BCUT2D eigenvalue weighted by atomic mass is 10.0. The standard InChI is InChI=1S/C15H20F2N4O4/c1-14(2,3)25-13(22)20(10-6-15(16,17)9-19-7-10)11-4-5-18-8-12(11)21(23)24/h4-5,8,10,19H,6-7,9H2,1-3H3/t10-/m0/s1. The van der Waals surface area contributed by atoms with Crippen LogP contribution in [0.4, 0.5) is 25.0 Å². The van der Waals surface area contributed by atoms with Crippen LogP contribution < -0.4 is 10.2 Å². The summed E-state index contributed by atoms with van der Waals surface area (Å²) in [5.41, 5.74) is -1.47. The molecule has 25 heavy (non-hydrogen) atoms. The minimum Gasteiger partial charge on any atom is -0.443 e. The molecular formula is C15H20F2N4O4. The fraction of sp³-hybridized carbons (Fsp3) is 0.600. The monoisotopic (exact) mass is 358 g/mol. The minimum absolute atomic E-state index is 0.0638. The van der Waals surface area contributed by atoms with Gasteiger partial charge in [0.05, 0.1) is 17.5 Å². The molecule has 2 rings (SSSR count). The third-order valence-electron chi connectivity index (χ3n) is 3.49. The Hall–Kier alpha value is -2.36. The van der Waals surface area contributed by atoms with Gasteiger partial charge in [0.2, 0.25) is 0 Å². The van der Waals surface area contributed by atoms with Crippen molar-refractivity contribution in [1.82, 2.24) is 10.3 Å². The molecule has 1 saturated heterocycles. The van der Waals surface area contributed by atoms with E-state index in [1.807, 2.05) is 0 Å². The molecule has 0 aliphatic carbocycles. The molecule has 8 nitrogen and oxygen atoms in total. The van der Waals surface area contributed by atoms with Gasteiger partial charge in [-0.1, -0.05) is 0 Å². The number of rotatable bonds is 3. The van der Waals surface area contributed by atoms with Gasteiger partial charge in [0.25, 0.3) is 5.92 Å². The second-order valence-corrected chi connectivity index (χ2v) is 6.82. The SMILES string of the molecule is CC(C)(C)OC(=O)N(c1ccncc1[N+](=O)[O-])[C@@H]1CNCC(F)(F)C1. The van der Waals surface area contributed by atoms with Crippen molar-refractivity contribution in [3.05, 3.63) is 28.6 Å². The van der Waals surface area contributed by atoms with E-state index in [1.165, 1.54) is 12.3 Å². The van der Waals surface area contributed by atoms with Gasteiger partial charge in [0, 0.05) is 19.2 Å². The van der Waals surface area contributed by atoms with E-state index < -0.39 is 47.2 Å². The summed E-state index contributed by atoms with van der Waals surface area (Å²) >= 11 is 0. The van der Waals surface area contributed by atoms with Crippen molar-refractivity contribution in [3.8, 4) is 0 Å². The molecule has 0 aromatic carbocycles. The van der Waals surface area contributed by atoms with Gasteiger partial charge in [-0.3, -0.25) is 20.0 Å². The molecule has 0 spiro atoms. The lowest BCUT2D eigenvalue weighted by Gasteiger charge is -2.37. The Balaban J connectivity index is 2.46. The number of carbonyl (C=O) groups excluding carboxylic acids is 1. The lowest BCUT2D eigenvalue weighted by molar-refractivity contribution is -0.384. The van der Waals surface area contributed by atoms with Crippen molar-refractivity contribution in [3.63, 3.8) is 0 Å². The van der Waals surface area contributed by atoms with Crippen LogP contribution in [0.25, 0.3) is 0 Å². The number of halogens is 2. The zero-order chi connectivity index (χ0) is 18.8. The molecular weight excluding hydrogens is 338 g/mol. The number of pyridine rings is 1. The second kappa shape index (κ2) is 6.87. The van der Waals surface area contributed by atoms with Gasteiger partial charge in [0.1, 0.15) is 17.5 Å². The summed E-state index contributed by atoms with van der Waals surface area (Å²) in [7, 11) is 0. The largest absolute Gasteiger partial charge is 0.443 e. The predicted molar refractivity (Wildman–Crippen MR) is 85.8 cm³/mol. The number of piperidine rings is 1. The van der Waals surface area contributed by atoms with Crippen LogP contribution >= 0.6 is 0 Å². The van der Waals surface area contributed by atoms with Crippen LogP contribution in [0.1, 0.15) is 27.2 Å². The third kappa shape index (κ3) is 4.81. The molecule has 0 bridgehead atoms. The molecule has 1 aromatic heterocycles. The molecule has 10 heteroatoms. The molecule has 1 aliphatic heterocycles. The van der Waals surface area contributed by atoms with Crippen LogP contribution in [0.2, 0.25) is 0 Å². The summed E-state index contributed by atoms with van der Waals surface area (Å²) in [5.74, 6) is -3.04. The van der Waals surface area contributed by atoms with Crippen molar-refractivity contribution in [2.45, 2.75) is 44.8 Å². The molecule has 138 valence electrons. The maximum atomic E-state index is 13.8. The number of carbonyl (C=O) groups is 1. The van der Waals surface area contributed by atoms with Crippen LogP contribution in [0.5, 0.6) is 0 Å². The molecule has 1 aliphatic rings. The van der Waals surface area contributed by atoms with E-state index in [0.29, 0.717) is 0 Å². The first-order valence-electron chi connectivity index (χ1n) is 7.69. The second-order valence-electron chi connectivity index (χ2n) is 6.82. The Morgan fingerprint density at radius 1 is 1.52 bits per heavy atom. The number of alkyl halides is 2. The van der Waals surface area contributed by atoms with E-state index in [4.69, 9.17) is 4.74 Å². The Morgan fingerprint density at radius 2 is 2.20 bits per heavy atom. The normalized spacial score (nSPS) is 20.0. The molecule has 1 amide bonds. The summed E-state index contributed by atoms with van der Waals surface area (Å²) in [5, 5.41) is 13.8. The molecule has 1 aromatic rings. The highest BCUT2D eigenvalue weighted by atomic mass is 19.3. The number of nitrogens with one attached hydrogen (secondary N) is 1. The van der Waals surface area contributed by atoms with Crippen LogP contribution in [0.3, 0.4) is 0 Å². The molecule has 2 heterocycles. The van der Waals surface area contributed by atoms with Crippen molar-refractivity contribution in [2.24, 2.45) is 0 Å². The zero-order valence-electron chi connectivity index (χ0n) is 14.2. The van der Waals surface area contributed by atoms with Crippen LogP contribution in [0, 0.1) is 10.1 Å². The van der Waals surface area contributed by atoms with Crippen LogP contribution in [0.15, 0.2) is 18.5 Å². The molecule has 1 atom stereocenters. The summed E-state index contributed by atoms with van der Waals surface area (Å²) in [6.45, 7) is 4.42. The number of nitrogens with zero attached hydrogens (tertiary/aromatic N) is 3. The highest BCUT2D eigenvalue weighted by Gasteiger charge is 2.43. The van der Waals surface area contributed by atoms with E-state index >= 15 is 0 Å². The topological polar surface area (TPSA) is 97.6 Å². The number of amides is 1. The Kier molecular flexibility index (Phi) is 5.21. The molecule has 0 saturated carbocycles. The number of ether oxygens (including phenoxy) is 1. The predicted octanol–water partition coefficient (Wildman–Crippen LogP) is 2.73. The Bertz CT molecular complexity index is 663. The van der Waals surface area contributed by atoms with Gasteiger partial charge in [-0.25, -0.2) is 13.6 Å². The van der Waals surface area contributed by atoms with Crippen molar-refractivity contribution in [2.75, 3.05) is 18.0 Å². The lowest BCUT2D eigenvalue weighted by Crippen LogP contribution is -2.56. The van der Waals surface area contributed by atoms with Crippen LogP contribution in [-0.4, -0.2) is 46.7 Å². The molecule has 0 unspecified atom stereocenters. The zero-order valence-corrected chi connectivity index (χ0v) is 14.2. The molecule has 1 N–H and O–H groups in total. The molecule has 1 fully saturated rings. The van der Waals surface area contributed by atoms with Crippen molar-refractivity contribution in [1.29, 1.82) is 0 Å². The number of aromatic nitrogens is 1. The van der Waals surface area contributed by atoms with Gasteiger partial charge in [-0.15, -0.1) is 0 Å². The fourth-order valence-corrected chi connectivity index (χ4v) is 2.57. The Labute approximate surface area is 143 Å². The summed E-state index contributed by atoms with van der Waals surface area (Å²) in [4.78, 5) is 27.8. The van der Waals surface area contributed by atoms with Crippen molar-refractivity contribution < 1.29 is 23.2 Å². The molecule has 0 radical (unpaired) electrons. The van der Waals surface area contributed by atoms with E-state index in [2.05, 4.69) is 10.3 Å². The first kappa shape index (κ1) is 19.0. The highest BCUT2D eigenvalue weighted by molar-refractivity contribution is 5.91.